The molecule has 1 aromatic heterocycles. The lowest BCUT2D eigenvalue weighted by molar-refractivity contribution is 0.0935. The molecule has 4 rings (SSSR count). The molecule has 2 N–H and O–H groups in total. The zero-order chi connectivity index (χ0) is 20.1. The Hall–Kier alpha value is -2.88. The molecule has 0 bridgehead atoms. The van der Waals surface area contributed by atoms with Crippen LogP contribution in [0.3, 0.4) is 0 Å². The van der Waals surface area contributed by atoms with Gasteiger partial charge < -0.3 is 10.6 Å². The third-order valence-electron chi connectivity index (χ3n) is 5.79. The number of hydrogen-bond donors (Lipinski definition) is 2. The molecule has 3 aromatic rings. The van der Waals surface area contributed by atoms with Gasteiger partial charge >= 0.3 is 0 Å². The molecule has 4 heteroatoms. The van der Waals surface area contributed by atoms with Crippen molar-refractivity contribution in [2.24, 2.45) is 0 Å². The number of rotatable bonds is 5. The molecular weight excluding hydrogens is 358 g/mol. The van der Waals surface area contributed by atoms with E-state index in [1.54, 1.807) is 0 Å². The predicted octanol–water partition coefficient (Wildman–Crippen LogP) is 5.99. The normalized spacial score (nSPS) is 15.1. The molecule has 1 aliphatic rings. The van der Waals surface area contributed by atoms with Crippen molar-refractivity contribution >= 4 is 28.3 Å². The maximum absolute atomic E-state index is 13.2. The van der Waals surface area contributed by atoms with Crippen LogP contribution in [0.1, 0.15) is 61.4 Å². The summed E-state index contributed by atoms with van der Waals surface area (Å²) in [5.74, 6) is 0.693. The number of aromatic nitrogens is 1. The van der Waals surface area contributed by atoms with Gasteiger partial charge in [-0.25, -0.2) is 4.98 Å². The lowest BCUT2D eigenvalue weighted by Crippen LogP contribution is -2.34. The molecule has 0 spiro atoms. The molecule has 0 radical (unpaired) electrons. The topological polar surface area (TPSA) is 54.0 Å². The van der Waals surface area contributed by atoms with Gasteiger partial charge in [0.15, 0.2) is 0 Å². The highest BCUT2D eigenvalue weighted by Gasteiger charge is 2.18. The third kappa shape index (κ3) is 4.76. The number of nitrogens with one attached hydrogen (secondary N) is 2. The monoisotopic (exact) mass is 387 g/mol. The molecule has 0 unspecified atom stereocenters. The summed E-state index contributed by atoms with van der Waals surface area (Å²) in [5.41, 5.74) is 3.78. The highest BCUT2D eigenvalue weighted by molar-refractivity contribution is 6.07. The quantitative estimate of drug-likeness (QED) is 0.528. The molecule has 2 aromatic carbocycles. The molecule has 1 amide bonds. The first-order valence-electron chi connectivity index (χ1n) is 10.8. The number of fused-ring (bicyclic) bond motifs is 1. The minimum Gasteiger partial charge on any atom is -0.349 e. The Labute approximate surface area is 172 Å². The fraction of sp³-hybridized carbons (Fsp3) is 0.360. The Morgan fingerprint density at radius 3 is 2.45 bits per heavy atom. The molecular formula is C25H29N3O. The van der Waals surface area contributed by atoms with Gasteiger partial charge in [-0.2, -0.15) is 0 Å². The van der Waals surface area contributed by atoms with E-state index >= 15 is 0 Å². The minimum atomic E-state index is -0.000110. The first-order valence-corrected chi connectivity index (χ1v) is 10.8. The second-order valence-electron chi connectivity index (χ2n) is 7.91. The standard InChI is InChI=1S/C25H29N3O/c1-2-18-13-15-20(16-14-18)26-24-17-22(21-11-7-8-12-23(21)28-24)25(29)27-19-9-5-3-4-6-10-19/h7-8,11-17,19H,2-6,9-10H2,1H3,(H,26,28)(H,27,29). The second kappa shape index (κ2) is 9.08. The van der Waals surface area contributed by atoms with Gasteiger partial charge in [0.2, 0.25) is 0 Å². The first-order chi connectivity index (χ1) is 14.2. The molecule has 150 valence electrons. The van der Waals surface area contributed by atoms with E-state index in [-0.39, 0.29) is 11.9 Å². The number of aryl methyl sites for hydroxylation is 1. The van der Waals surface area contributed by atoms with Crippen molar-refractivity contribution < 1.29 is 4.79 Å². The number of benzene rings is 2. The summed E-state index contributed by atoms with van der Waals surface area (Å²) in [4.78, 5) is 17.9. The van der Waals surface area contributed by atoms with E-state index in [2.05, 4.69) is 41.8 Å². The van der Waals surface area contributed by atoms with Crippen LogP contribution in [0.4, 0.5) is 11.5 Å². The molecule has 1 aliphatic carbocycles. The minimum absolute atomic E-state index is 0.000110. The highest BCUT2D eigenvalue weighted by Crippen LogP contribution is 2.25. The zero-order valence-electron chi connectivity index (χ0n) is 17.1. The molecule has 0 aliphatic heterocycles. The number of pyridine rings is 1. The van der Waals surface area contributed by atoms with Crippen molar-refractivity contribution in [1.82, 2.24) is 10.3 Å². The molecule has 4 nitrogen and oxygen atoms in total. The fourth-order valence-corrected chi connectivity index (χ4v) is 4.09. The van der Waals surface area contributed by atoms with Crippen LogP contribution in [-0.4, -0.2) is 16.9 Å². The molecule has 29 heavy (non-hydrogen) atoms. The lowest BCUT2D eigenvalue weighted by Gasteiger charge is -2.18. The van der Waals surface area contributed by atoms with E-state index < -0.39 is 0 Å². The van der Waals surface area contributed by atoms with Crippen LogP contribution in [0.25, 0.3) is 10.9 Å². The maximum atomic E-state index is 13.2. The van der Waals surface area contributed by atoms with E-state index in [0.29, 0.717) is 11.4 Å². The largest absolute Gasteiger partial charge is 0.349 e. The number of anilines is 2. The van der Waals surface area contributed by atoms with Crippen LogP contribution in [-0.2, 0) is 6.42 Å². The van der Waals surface area contributed by atoms with Gasteiger partial charge in [-0.3, -0.25) is 4.79 Å². The van der Waals surface area contributed by atoms with Crippen LogP contribution < -0.4 is 10.6 Å². The van der Waals surface area contributed by atoms with Crippen molar-refractivity contribution in [1.29, 1.82) is 0 Å². The number of carbonyl (C=O) groups excluding carboxylic acids is 1. The van der Waals surface area contributed by atoms with E-state index in [1.807, 2.05) is 30.3 Å². The summed E-state index contributed by atoms with van der Waals surface area (Å²) in [7, 11) is 0. The van der Waals surface area contributed by atoms with E-state index in [4.69, 9.17) is 4.98 Å². The van der Waals surface area contributed by atoms with Crippen LogP contribution in [0.5, 0.6) is 0 Å². The van der Waals surface area contributed by atoms with Gasteiger partial charge in [0.1, 0.15) is 5.82 Å². The number of amides is 1. The number of nitrogens with zero attached hydrogens (tertiary/aromatic N) is 1. The second-order valence-corrected chi connectivity index (χ2v) is 7.91. The summed E-state index contributed by atoms with van der Waals surface area (Å²) in [6.07, 6.45) is 8.10. The molecule has 1 saturated carbocycles. The first kappa shape index (κ1) is 19.4. The SMILES string of the molecule is CCc1ccc(Nc2cc(C(=O)NC3CCCCCC3)c3ccccc3n2)cc1. The number of para-hydroxylation sites is 1. The van der Waals surface area contributed by atoms with Gasteiger partial charge in [-0.15, -0.1) is 0 Å². The summed E-state index contributed by atoms with van der Waals surface area (Å²) < 4.78 is 0. The summed E-state index contributed by atoms with van der Waals surface area (Å²) in [6.45, 7) is 2.15. The summed E-state index contributed by atoms with van der Waals surface area (Å²) >= 11 is 0. The zero-order valence-corrected chi connectivity index (χ0v) is 17.1. The van der Waals surface area contributed by atoms with Gasteiger partial charge in [-0.05, 0) is 49.1 Å². The Balaban J connectivity index is 1.62. The maximum Gasteiger partial charge on any atom is 0.252 e. The van der Waals surface area contributed by atoms with Crippen molar-refractivity contribution in [2.75, 3.05) is 5.32 Å². The lowest BCUT2D eigenvalue weighted by atomic mass is 10.1. The van der Waals surface area contributed by atoms with Crippen molar-refractivity contribution in [3.63, 3.8) is 0 Å². The fourth-order valence-electron chi connectivity index (χ4n) is 4.09. The van der Waals surface area contributed by atoms with Crippen LogP contribution in [0.15, 0.2) is 54.6 Å². The van der Waals surface area contributed by atoms with E-state index in [9.17, 15) is 4.79 Å². The number of hydrogen-bond acceptors (Lipinski definition) is 3. The van der Waals surface area contributed by atoms with Gasteiger partial charge in [-0.1, -0.05) is 62.9 Å². The summed E-state index contributed by atoms with van der Waals surface area (Å²) in [6, 6.07) is 18.4. The van der Waals surface area contributed by atoms with Crippen molar-refractivity contribution in [2.45, 2.75) is 57.9 Å². The third-order valence-corrected chi connectivity index (χ3v) is 5.79. The van der Waals surface area contributed by atoms with Crippen molar-refractivity contribution in [3.05, 3.63) is 65.7 Å². The Kier molecular flexibility index (Phi) is 6.09. The average molecular weight is 388 g/mol. The Bertz CT molecular complexity index is 973. The van der Waals surface area contributed by atoms with Crippen LogP contribution in [0.2, 0.25) is 0 Å². The highest BCUT2D eigenvalue weighted by atomic mass is 16.1. The van der Waals surface area contributed by atoms with E-state index in [1.165, 1.54) is 31.2 Å². The van der Waals surface area contributed by atoms with Gasteiger partial charge in [0.25, 0.3) is 5.91 Å². The predicted molar refractivity (Wildman–Crippen MR) is 120 cm³/mol. The molecule has 1 heterocycles. The molecule has 0 atom stereocenters. The van der Waals surface area contributed by atoms with Gasteiger partial charge in [0, 0.05) is 17.1 Å². The number of carbonyl (C=O) groups is 1. The summed E-state index contributed by atoms with van der Waals surface area (Å²) in [5, 5.41) is 7.54. The molecule has 0 saturated heterocycles. The smallest absolute Gasteiger partial charge is 0.252 e. The van der Waals surface area contributed by atoms with Crippen molar-refractivity contribution in [3.8, 4) is 0 Å². The van der Waals surface area contributed by atoms with Crippen LogP contribution >= 0.6 is 0 Å². The Morgan fingerprint density at radius 2 is 1.72 bits per heavy atom. The molecule has 1 fully saturated rings. The Morgan fingerprint density at radius 1 is 1.00 bits per heavy atom. The van der Waals surface area contributed by atoms with Crippen LogP contribution in [0, 0.1) is 0 Å². The van der Waals surface area contributed by atoms with E-state index in [0.717, 1.165) is 35.9 Å². The average Bonchev–Trinajstić information content (AvgIpc) is 3.02. The van der Waals surface area contributed by atoms with Gasteiger partial charge in [0.05, 0.1) is 11.1 Å².